The van der Waals surface area contributed by atoms with Gasteiger partial charge < -0.3 is 25.7 Å². The maximum absolute atomic E-state index is 13.8. The number of benzene rings is 1. The number of nitrogens with zero attached hydrogens (tertiary/aromatic N) is 2. The highest BCUT2D eigenvalue weighted by atomic mass is 16.5. The number of hydrogen-bond acceptors (Lipinski definition) is 5. The van der Waals surface area contributed by atoms with Crippen molar-refractivity contribution in [3.8, 4) is 11.8 Å². The molecule has 0 unspecified atom stereocenters. The van der Waals surface area contributed by atoms with Crippen LogP contribution in [-0.2, 0) is 9.59 Å². The molecule has 1 aromatic heterocycles. The van der Waals surface area contributed by atoms with Gasteiger partial charge in [-0.25, -0.2) is 0 Å². The zero-order valence-electron chi connectivity index (χ0n) is 19.4. The summed E-state index contributed by atoms with van der Waals surface area (Å²) in [4.78, 5) is 38.3. The minimum absolute atomic E-state index is 0.0113. The normalized spacial score (nSPS) is 20.4. The standard InChI is InChI=1S/C25H31N5O4/c1-34-21-9-5-8-19-18(21)13-20(23(27)31)30(19)22(15-6-3-2-4-7-15)25(33)29-17(14-26)12-16-10-11-28-24(16)32/h5,8-9,13,15-17,22H,2-4,6-7,10-12H2,1H3,(H2,27,31)(H,28,32)(H,29,33)/t16-,17-,22-/m0/s1. The number of rotatable bonds is 8. The van der Waals surface area contributed by atoms with Crippen LogP contribution in [0, 0.1) is 23.2 Å². The number of amides is 3. The lowest BCUT2D eigenvalue weighted by Gasteiger charge is -2.32. The number of hydrogen-bond donors (Lipinski definition) is 3. The summed E-state index contributed by atoms with van der Waals surface area (Å²) < 4.78 is 7.21. The number of methoxy groups -OCH3 is 1. The van der Waals surface area contributed by atoms with E-state index in [-0.39, 0.29) is 35.8 Å². The molecule has 2 fully saturated rings. The van der Waals surface area contributed by atoms with Gasteiger partial charge in [-0.1, -0.05) is 25.3 Å². The Morgan fingerprint density at radius 2 is 2.06 bits per heavy atom. The van der Waals surface area contributed by atoms with E-state index < -0.39 is 18.0 Å². The largest absolute Gasteiger partial charge is 0.496 e. The molecule has 1 aliphatic carbocycles. The molecule has 0 radical (unpaired) electrons. The van der Waals surface area contributed by atoms with Crippen LogP contribution in [0.15, 0.2) is 24.3 Å². The van der Waals surface area contributed by atoms with Gasteiger partial charge in [0.25, 0.3) is 5.91 Å². The molecule has 3 amide bonds. The molecule has 0 spiro atoms. The first-order valence-corrected chi connectivity index (χ1v) is 11.9. The predicted octanol–water partition coefficient (Wildman–Crippen LogP) is 2.40. The maximum atomic E-state index is 13.8. The molecule has 4 N–H and O–H groups in total. The van der Waals surface area contributed by atoms with Crippen molar-refractivity contribution < 1.29 is 19.1 Å². The molecule has 9 nitrogen and oxygen atoms in total. The van der Waals surface area contributed by atoms with Gasteiger partial charge in [-0.05, 0) is 49.8 Å². The van der Waals surface area contributed by atoms with Crippen molar-refractivity contribution in [3.63, 3.8) is 0 Å². The molecule has 1 aliphatic heterocycles. The number of nitrogens with two attached hydrogens (primary N) is 1. The zero-order chi connectivity index (χ0) is 24.2. The fourth-order valence-corrected chi connectivity index (χ4v) is 5.44. The first-order valence-electron chi connectivity index (χ1n) is 11.9. The minimum atomic E-state index is -0.805. The summed E-state index contributed by atoms with van der Waals surface area (Å²) in [5.74, 6) is -0.772. The molecule has 1 saturated heterocycles. The van der Waals surface area contributed by atoms with Crippen LogP contribution in [0.25, 0.3) is 10.9 Å². The number of carbonyl (C=O) groups is 3. The minimum Gasteiger partial charge on any atom is -0.496 e. The third-order valence-electron chi connectivity index (χ3n) is 7.11. The lowest BCUT2D eigenvalue weighted by Crippen LogP contribution is -2.44. The fourth-order valence-electron chi connectivity index (χ4n) is 5.44. The molecule has 34 heavy (non-hydrogen) atoms. The summed E-state index contributed by atoms with van der Waals surface area (Å²) in [5.41, 5.74) is 6.67. The fraction of sp³-hybridized carbons (Fsp3) is 0.520. The highest BCUT2D eigenvalue weighted by molar-refractivity contribution is 6.01. The zero-order valence-corrected chi connectivity index (χ0v) is 19.4. The Morgan fingerprint density at radius 3 is 2.68 bits per heavy atom. The van der Waals surface area contributed by atoms with Crippen molar-refractivity contribution in [2.24, 2.45) is 17.6 Å². The van der Waals surface area contributed by atoms with Crippen molar-refractivity contribution in [2.75, 3.05) is 13.7 Å². The molecule has 2 aliphatic rings. The number of carbonyl (C=O) groups excluding carboxylic acids is 3. The van der Waals surface area contributed by atoms with Crippen molar-refractivity contribution in [1.29, 1.82) is 5.26 Å². The first kappa shape index (κ1) is 23.6. The second-order valence-electron chi connectivity index (χ2n) is 9.20. The summed E-state index contributed by atoms with van der Waals surface area (Å²) >= 11 is 0. The quantitative estimate of drug-likeness (QED) is 0.549. The molecular formula is C25H31N5O4. The van der Waals surface area contributed by atoms with Crippen LogP contribution >= 0.6 is 0 Å². The third-order valence-corrected chi connectivity index (χ3v) is 7.11. The average Bonchev–Trinajstić information content (AvgIpc) is 3.43. The van der Waals surface area contributed by atoms with E-state index in [2.05, 4.69) is 16.7 Å². The summed E-state index contributed by atoms with van der Waals surface area (Å²) in [6.07, 6.45) is 5.66. The van der Waals surface area contributed by atoms with Crippen molar-refractivity contribution >= 4 is 28.6 Å². The number of nitriles is 1. The number of ether oxygens (including phenoxy) is 1. The van der Waals surface area contributed by atoms with Crippen LogP contribution in [0.4, 0.5) is 0 Å². The van der Waals surface area contributed by atoms with E-state index in [1.165, 1.54) is 0 Å². The lowest BCUT2D eigenvalue weighted by atomic mass is 9.83. The molecule has 180 valence electrons. The van der Waals surface area contributed by atoms with E-state index in [0.717, 1.165) is 32.1 Å². The van der Waals surface area contributed by atoms with Gasteiger partial charge in [-0.2, -0.15) is 5.26 Å². The Bertz CT molecular complexity index is 1130. The van der Waals surface area contributed by atoms with Crippen LogP contribution in [0.3, 0.4) is 0 Å². The Labute approximate surface area is 198 Å². The van der Waals surface area contributed by atoms with Crippen LogP contribution < -0.4 is 21.1 Å². The topological polar surface area (TPSA) is 139 Å². The Morgan fingerprint density at radius 1 is 1.29 bits per heavy atom. The van der Waals surface area contributed by atoms with Gasteiger partial charge in [0.05, 0.1) is 18.7 Å². The van der Waals surface area contributed by atoms with E-state index in [4.69, 9.17) is 10.5 Å². The van der Waals surface area contributed by atoms with E-state index in [9.17, 15) is 19.6 Å². The first-order chi connectivity index (χ1) is 16.4. The Kier molecular flexibility index (Phi) is 7.06. The molecule has 1 saturated carbocycles. The SMILES string of the molecule is COc1cccc2c1cc(C(N)=O)n2[C@H](C(=O)N[C@H](C#N)C[C@@H]1CCNC1=O)C1CCCCC1. The molecule has 4 rings (SSSR count). The summed E-state index contributed by atoms with van der Waals surface area (Å²) in [5, 5.41) is 16.1. The van der Waals surface area contributed by atoms with Gasteiger partial charge in [0.2, 0.25) is 11.8 Å². The highest BCUT2D eigenvalue weighted by Gasteiger charge is 2.36. The van der Waals surface area contributed by atoms with Crippen LogP contribution in [-0.4, -0.2) is 42.0 Å². The average molecular weight is 466 g/mol. The number of aromatic nitrogens is 1. The van der Waals surface area contributed by atoms with Crippen molar-refractivity contribution in [3.05, 3.63) is 30.0 Å². The maximum Gasteiger partial charge on any atom is 0.265 e. The van der Waals surface area contributed by atoms with Gasteiger partial charge in [-0.15, -0.1) is 0 Å². The molecule has 1 aromatic carbocycles. The molecule has 0 bridgehead atoms. The van der Waals surface area contributed by atoms with Crippen LogP contribution in [0.1, 0.15) is 61.5 Å². The molecular weight excluding hydrogens is 434 g/mol. The van der Waals surface area contributed by atoms with E-state index in [1.54, 1.807) is 23.8 Å². The summed E-state index contributed by atoms with van der Waals surface area (Å²) in [6, 6.07) is 7.76. The van der Waals surface area contributed by atoms with E-state index in [0.29, 0.717) is 29.6 Å². The second kappa shape index (κ2) is 10.2. The van der Waals surface area contributed by atoms with Gasteiger partial charge in [0.1, 0.15) is 23.5 Å². The monoisotopic (exact) mass is 465 g/mol. The van der Waals surface area contributed by atoms with Gasteiger partial charge >= 0.3 is 0 Å². The number of fused-ring (bicyclic) bond motifs is 1. The Hall–Kier alpha value is -3.54. The second-order valence-corrected chi connectivity index (χ2v) is 9.20. The van der Waals surface area contributed by atoms with Gasteiger partial charge in [-0.3, -0.25) is 14.4 Å². The molecule has 2 heterocycles. The van der Waals surface area contributed by atoms with Crippen LogP contribution in [0.5, 0.6) is 5.75 Å². The predicted molar refractivity (Wildman–Crippen MR) is 126 cm³/mol. The highest BCUT2D eigenvalue weighted by Crippen LogP contribution is 2.38. The lowest BCUT2D eigenvalue weighted by molar-refractivity contribution is -0.127. The Balaban J connectivity index is 1.73. The summed E-state index contributed by atoms with van der Waals surface area (Å²) in [6.45, 7) is 0.583. The number of primary amides is 1. The van der Waals surface area contributed by atoms with Gasteiger partial charge in [0.15, 0.2) is 0 Å². The van der Waals surface area contributed by atoms with Crippen molar-refractivity contribution in [1.82, 2.24) is 15.2 Å². The number of nitrogens with one attached hydrogen (secondary N) is 2. The smallest absolute Gasteiger partial charge is 0.265 e. The molecule has 2 aromatic rings. The van der Waals surface area contributed by atoms with Crippen LogP contribution in [0.2, 0.25) is 0 Å². The van der Waals surface area contributed by atoms with Crippen molar-refractivity contribution in [2.45, 2.75) is 57.0 Å². The van der Waals surface area contributed by atoms with E-state index in [1.807, 2.05) is 12.1 Å². The molecule has 3 atom stereocenters. The summed E-state index contributed by atoms with van der Waals surface area (Å²) in [7, 11) is 1.55. The van der Waals surface area contributed by atoms with E-state index >= 15 is 0 Å². The third kappa shape index (κ3) is 4.58. The van der Waals surface area contributed by atoms with Gasteiger partial charge in [0, 0.05) is 17.8 Å². The molecule has 9 heteroatoms.